The maximum absolute atomic E-state index is 12.0. The zero-order valence-corrected chi connectivity index (χ0v) is 15.6. The van der Waals surface area contributed by atoms with Crippen LogP contribution in [0.4, 0.5) is 4.79 Å². The first kappa shape index (κ1) is 22.5. The van der Waals surface area contributed by atoms with Crippen molar-refractivity contribution in [2.45, 2.75) is 90.7 Å². The molecule has 0 aliphatic rings. The smallest absolute Gasteiger partial charge is 0.408 e. The van der Waals surface area contributed by atoms with Crippen LogP contribution in [0.2, 0.25) is 0 Å². The number of nitrogens with one attached hydrogen (secondary N) is 1. The summed E-state index contributed by atoms with van der Waals surface area (Å²) in [6.45, 7) is 9.73. The molecule has 0 saturated heterocycles. The van der Waals surface area contributed by atoms with Gasteiger partial charge >= 0.3 is 12.1 Å². The van der Waals surface area contributed by atoms with Crippen molar-refractivity contribution in [1.82, 2.24) is 5.32 Å². The highest BCUT2D eigenvalue weighted by atomic mass is 16.6. The lowest BCUT2D eigenvalue weighted by Crippen LogP contribution is -2.43. The van der Waals surface area contributed by atoms with E-state index in [1.807, 2.05) is 19.9 Å². The predicted octanol–water partition coefficient (Wildman–Crippen LogP) is 4.91. The van der Waals surface area contributed by atoms with E-state index in [9.17, 15) is 14.7 Å². The number of alkyl carbamates (subject to hydrolysis) is 1. The number of carbonyl (C=O) groups excluding carboxylic acids is 1. The van der Waals surface area contributed by atoms with Crippen LogP contribution in [0.15, 0.2) is 12.7 Å². The van der Waals surface area contributed by atoms with Gasteiger partial charge in [-0.2, -0.15) is 0 Å². The Morgan fingerprint density at radius 1 is 1.17 bits per heavy atom. The Morgan fingerprint density at radius 2 is 1.83 bits per heavy atom. The van der Waals surface area contributed by atoms with Gasteiger partial charge < -0.3 is 15.2 Å². The largest absolute Gasteiger partial charge is 0.480 e. The third kappa shape index (κ3) is 12.0. The van der Waals surface area contributed by atoms with Gasteiger partial charge in [-0.05, 0) is 38.0 Å². The van der Waals surface area contributed by atoms with Crippen molar-refractivity contribution >= 4 is 12.1 Å². The maximum Gasteiger partial charge on any atom is 0.408 e. The number of carbonyl (C=O) groups is 2. The number of ether oxygens (including phenoxy) is 1. The summed E-state index contributed by atoms with van der Waals surface area (Å²) in [4.78, 5) is 23.2. The summed E-state index contributed by atoms with van der Waals surface area (Å²) in [5, 5.41) is 11.7. The van der Waals surface area contributed by atoms with Crippen LogP contribution in [0, 0.1) is 5.92 Å². The first-order valence-corrected chi connectivity index (χ1v) is 9.21. The van der Waals surface area contributed by atoms with E-state index in [0.717, 1.165) is 32.1 Å². The van der Waals surface area contributed by atoms with Gasteiger partial charge in [-0.15, -0.1) is 6.58 Å². The number of aliphatic carboxylic acids is 1. The van der Waals surface area contributed by atoms with Crippen molar-refractivity contribution < 1.29 is 19.4 Å². The molecular formula is C19H35NO4. The van der Waals surface area contributed by atoms with Crippen molar-refractivity contribution in [2.75, 3.05) is 0 Å². The maximum atomic E-state index is 12.0. The third-order valence-corrected chi connectivity index (χ3v) is 3.89. The van der Waals surface area contributed by atoms with Crippen molar-refractivity contribution in [2.24, 2.45) is 5.92 Å². The zero-order chi connectivity index (χ0) is 18.4. The molecule has 2 N–H and O–H groups in total. The minimum absolute atomic E-state index is 0.182. The van der Waals surface area contributed by atoms with Gasteiger partial charge in [-0.1, -0.05) is 52.5 Å². The van der Waals surface area contributed by atoms with Crippen LogP contribution in [0.25, 0.3) is 0 Å². The lowest BCUT2D eigenvalue weighted by Gasteiger charge is -2.21. The van der Waals surface area contributed by atoms with Crippen LogP contribution in [-0.2, 0) is 9.53 Å². The number of rotatable bonds is 14. The highest BCUT2D eigenvalue weighted by molar-refractivity contribution is 5.79. The summed E-state index contributed by atoms with van der Waals surface area (Å²) in [7, 11) is 0. The second-order valence-electron chi connectivity index (χ2n) is 6.76. The second-order valence-corrected chi connectivity index (χ2v) is 6.76. The fraction of sp³-hybridized carbons (Fsp3) is 0.789. The average molecular weight is 341 g/mol. The van der Waals surface area contributed by atoms with E-state index >= 15 is 0 Å². The molecule has 0 radical (unpaired) electrons. The monoisotopic (exact) mass is 341 g/mol. The van der Waals surface area contributed by atoms with Gasteiger partial charge in [0, 0.05) is 0 Å². The molecule has 0 bridgehead atoms. The van der Waals surface area contributed by atoms with Crippen LogP contribution in [0.3, 0.4) is 0 Å². The molecule has 0 aliphatic carbocycles. The third-order valence-electron chi connectivity index (χ3n) is 3.89. The molecule has 2 unspecified atom stereocenters. The SMILES string of the molecule is C=CCCC(CCCCCCC)OC(=O)NC(CC(C)C)C(=O)O. The van der Waals surface area contributed by atoms with Crippen molar-refractivity contribution in [3.63, 3.8) is 0 Å². The average Bonchev–Trinajstić information content (AvgIpc) is 2.50. The van der Waals surface area contributed by atoms with Gasteiger partial charge in [0.1, 0.15) is 12.1 Å². The predicted molar refractivity (Wildman–Crippen MR) is 97.1 cm³/mol. The Hall–Kier alpha value is -1.52. The van der Waals surface area contributed by atoms with E-state index < -0.39 is 18.1 Å². The van der Waals surface area contributed by atoms with Crippen LogP contribution >= 0.6 is 0 Å². The van der Waals surface area contributed by atoms with Crippen molar-refractivity contribution in [1.29, 1.82) is 0 Å². The number of carboxylic acids is 1. The zero-order valence-electron chi connectivity index (χ0n) is 15.6. The molecule has 0 aromatic heterocycles. The molecule has 2 atom stereocenters. The van der Waals surface area contributed by atoms with E-state index in [4.69, 9.17) is 4.74 Å². The summed E-state index contributed by atoms with van der Waals surface area (Å²) in [6, 6.07) is -0.901. The first-order chi connectivity index (χ1) is 11.4. The molecule has 0 rings (SSSR count). The summed E-state index contributed by atoms with van der Waals surface area (Å²) in [5.74, 6) is -0.843. The molecule has 140 valence electrons. The summed E-state index contributed by atoms with van der Waals surface area (Å²) in [5.41, 5.74) is 0. The summed E-state index contributed by atoms with van der Waals surface area (Å²) >= 11 is 0. The van der Waals surface area contributed by atoms with Gasteiger partial charge in [0.05, 0.1) is 0 Å². The molecule has 0 aromatic carbocycles. The Balaban J connectivity index is 4.38. The number of carboxylic acid groups (broad SMARTS) is 1. The van der Waals surface area contributed by atoms with Gasteiger partial charge in [0.15, 0.2) is 0 Å². The van der Waals surface area contributed by atoms with Crippen LogP contribution < -0.4 is 5.32 Å². The Kier molecular flexibility index (Phi) is 13.0. The number of hydrogen-bond donors (Lipinski definition) is 2. The van der Waals surface area contributed by atoms with Crippen LogP contribution in [0.5, 0.6) is 0 Å². The Labute approximate surface area is 146 Å². The molecule has 5 heteroatoms. The number of hydrogen-bond acceptors (Lipinski definition) is 3. The molecule has 24 heavy (non-hydrogen) atoms. The molecule has 0 aromatic rings. The molecule has 5 nitrogen and oxygen atoms in total. The Morgan fingerprint density at radius 3 is 2.38 bits per heavy atom. The molecule has 0 spiro atoms. The molecule has 1 amide bonds. The standard InChI is InChI=1S/C19H35NO4/c1-5-7-9-10-11-13-16(12-8-6-2)24-19(23)20-17(18(21)22)14-15(3)4/h6,15-17H,2,5,7-14H2,1,3-4H3,(H,20,23)(H,21,22). The van der Waals surface area contributed by atoms with Crippen LogP contribution in [0.1, 0.15) is 78.6 Å². The van der Waals surface area contributed by atoms with Gasteiger partial charge in [0.2, 0.25) is 0 Å². The lowest BCUT2D eigenvalue weighted by molar-refractivity contribution is -0.139. The highest BCUT2D eigenvalue weighted by Crippen LogP contribution is 2.15. The van der Waals surface area contributed by atoms with E-state index in [2.05, 4.69) is 18.8 Å². The molecular weight excluding hydrogens is 306 g/mol. The van der Waals surface area contributed by atoms with E-state index in [-0.39, 0.29) is 12.0 Å². The highest BCUT2D eigenvalue weighted by Gasteiger charge is 2.23. The van der Waals surface area contributed by atoms with E-state index in [1.54, 1.807) is 0 Å². The normalized spacial score (nSPS) is 13.3. The van der Waals surface area contributed by atoms with E-state index in [0.29, 0.717) is 6.42 Å². The van der Waals surface area contributed by atoms with E-state index in [1.165, 1.54) is 19.3 Å². The topological polar surface area (TPSA) is 75.6 Å². The van der Waals surface area contributed by atoms with Crippen molar-refractivity contribution in [3.05, 3.63) is 12.7 Å². The number of unbranched alkanes of at least 4 members (excludes halogenated alkanes) is 4. The quantitative estimate of drug-likeness (QED) is 0.348. The summed E-state index contributed by atoms with van der Waals surface area (Å²) in [6.07, 6.45) is 9.48. The van der Waals surface area contributed by atoms with Gasteiger partial charge in [-0.3, -0.25) is 0 Å². The molecule has 0 heterocycles. The lowest BCUT2D eigenvalue weighted by atomic mass is 10.0. The second kappa shape index (κ2) is 13.9. The van der Waals surface area contributed by atoms with Crippen molar-refractivity contribution in [3.8, 4) is 0 Å². The number of allylic oxidation sites excluding steroid dienone is 1. The molecule has 0 saturated carbocycles. The molecule has 0 aliphatic heterocycles. The molecule has 0 fully saturated rings. The fourth-order valence-electron chi connectivity index (χ4n) is 2.56. The minimum atomic E-state index is -1.03. The first-order valence-electron chi connectivity index (χ1n) is 9.21. The van der Waals surface area contributed by atoms with Crippen LogP contribution in [-0.4, -0.2) is 29.3 Å². The Bertz CT molecular complexity index is 368. The minimum Gasteiger partial charge on any atom is -0.480 e. The fourth-order valence-corrected chi connectivity index (χ4v) is 2.56. The van der Waals surface area contributed by atoms with Gasteiger partial charge in [0.25, 0.3) is 0 Å². The van der Waals surface area contributed by atoms with Gasteiger partial charge in [-0.25, -0.2) is 9.59 Å². The summed E-state index contributed by atoms with van der Waals surface area (Å²) < 4.78 is 5.46. The number of amides is 1.